The molecule has 0 spiro atoms. The van der Waals surface area contributed by atoms with E-state index in [4.69, 9.17) is 0 Å². The number of hydrogen-bond acceptors (Lipinski definition) is 4. The van der Waals surface area contributed by atoms with Crippen LogP contribution in [0.1, 0.15) is 18.3 Å². The van der Waals surface area contributed by atoms with E-state index in [1.807, 2.05) is 0 Å². The van der Waals surface area contributed by atoms with Crippen LogP contribution >= 0.6 is 0 Å². The Labute approximate surface area is 88.1 Å². The van der Waals surface area contributed by atoms with E-state index in [-0.39, 0.29) is 0 Å². The predicted octanol–water partition coefficient (Wildman–Crippen LogP) is 1.18. The molecule has 2 heterocycles. The summed E-state index contributed by atoms with van der Waals surface area (Å²) in [6, 6.07) is 2.10. The lowest BCUT2D eigenvalue weighted by Crippen LogP contribution is -2.13. The van der Waals surface area contributed by atoms with Crippen LogP contribution in [0.4, 0.5) is 0 Å². The van der Waals surface area contributed by atoms with Gasteiger partial charge in [-0.05, 0) is 18.6 Å². The van der Waals surface area contributed by atoms with Gasteiger partial charge in [0.05, 0.1) is 6.54 Å². The number of aryl methyl sites for hydroxylation is 1. The zero-order valence-electron chi connectivity index (χ0n) is 8.68. The topological polar surface area (TPSA) is 55.9 Å². The maximum Gasteiger partial charge on any atom is 0.213 e. The summed E-state index contributed by atoms with van der Waals surface area (Å²) in [5.41, 5.74) is 1.26. The first-order chi connectivity index (χ1) is 7.38. The second-order valence-electron chi connectivity index (χ2n) is 3.30. The molecule has 2 aromatic heterocycles. The van der Waals surface area contributed by atoms with Gasteiger partial charge in [-0.1, -0.05) is 5.16 Å². The van der Waals surface area contributed by atoms with Gasteiger partial charge in [-0.15, -0.1) is 0 Å². The van der Waals surface area contributed by atoms with Gasteiger partial charge < -0.3 is 14.4 Å². The molecule has 15 heavy (non-hydrogen) atoms. The lowest BCUT2D eigenvalue weighted by molar-refractivity contribution is 0.407. The first-order valence-electron chi connectivity index (χ1n) is 4.99. The lowest BCUT2D eigenvalue weighted by atomic mass is 10.3. The summed E-state index contributed by atoms with van der Waals surface area (Å²) in [4.78, 5) is 3.92. The fraction of sp³-hybridized carbons (Fsp3) is 0.400. The quantitative estimate of drug-likeness (QED) is 0.798. The number of rotatable bonds is 5. The first-order valence-corrected chi connectivity index (χ1v) is 4.99. The average Bonchev–Trinajstić information content (AvgIpc) is 2.88. The zero-order valence-corrected chi connectivity index (χ0v) is 8.68. The van der Waals surface area contributed by atoms with Crippen LogP contribution in [0, 0.1) is 0 Å². The van der Waals surface area contributed by atoms with Crippen molar-refractivity contribution in [1.29, 1.82) is 0 Å². The molecular formula is C10H14N4O. The molecule has 0 aliphatic carbocycles. The SMILES string of the molecule is CCn1ccc(CNCc2ncon2)c1. The molecule has 0 amide bonds. The van der Waals surface area contributed by atoms with Crippen molar-refractivity contribution in [1.82, 2.24) is 20.0 Å². The molecular weight excluding hydrogens is 192 g/mol. The minimum atomic E-state index is 0.633. The van der Waals surface area contributed by atoms with Crippen molar-refractivity contribution in [3.05, 3.63) is 36.2 Å². The van der Waals surface area contributed by atoms with E-state index in [0.29, 0.717) is 12.4 Å². The molecule has 80 valence electrons. The molecule has 5 heteroatoms. The highest BCUT2D eigenvalue weighted by atomic mass is 16.5. The van der Waals surface area contributed by atoms with Crippen molar-refractivity contribution in [3.63, 3.8) is 0 Å². The fourth-order valence-electron chi connectivity index (χ4n) is 1.38. The van der Waals surface area contributed by atoms with Crippen molar-refractivity contribution in [2.75, 3.05) is 0 Å². The summed E-state index contributed by atoms with van der Waals surface area (Å²) in [6.45, 7) is 4.58. The summed E-state index contributed by atoms with van der Waals surface area (Å²) >= 11 is 0. The van der Waals surface area contributed by atoms with Gasteiger partial charge >= 0.3 is 0 Å². The Morgan fingerprint density at radius 2 is 2.40 bits per heavy atom. The van der Waals surface area contributed by atoms with E-state index in [1.54, 1.807) is 0 Å². The highest BCUT2D eigenvalue weighted by Gasteiger charge is 1.98. The summed E-state index contributed by atoms with van der Waals surface area (Å²) in [6.07, 6.45) is 5.54. The van der Waals surface area contributed by atoms with Crippen LogP contribution in [-0.2, 0) is 19.6 Å². The number of aromatic nitrogens is 3. The number of nitrogens with one attached hydrogen (secondary N) is 1. The Morgan fingerprint density at radius 1 is 1.47 bits per heavy atom. The van der Waals surface area contributed by atoms with Crippen molar-refractivity contribution in [2.24, 2.45) is 0 Å². The molecule has 0 bridgehead atoms. The summed E-state index contributed by atoms with van der Waals surface area (Å²) in [7, 11) is 0. The van der Waals surface area contributed by atoms with E-state index < -0.39 is 0 Å². The zero-order chi connectivity index (χ0) is 10.5. The van der Waals surface area contributed by atoms with Gasteiger partial charge in [-0.3, -0.25) is 0 Å². The van der Waals surface area contributed by atoms with Gasteiger partial charge in [-0.2, -0.15) is 4.98 Å². The smallest absolute Gasteiger partial charge is 0.213 e. The van der Waals surface area contributed by atoms with Gasteiger partial charge in [0, 0.05) is 25.5 Å². The first kappa shape index (κ1) is 9.92. The Bertz CT molecular complexity index is 393. The van der Waals surface area contributed by atoms with Crippen molar-refractivity contribution >= 4 is 0 Å². The average molecular weight is 206 g/mol. The maximum absolute atomic E-state index is 4.63. The minimum Gasteiger partial charge on any atom is -0.354 e. The number of nitrogens with zero attached hydrogens (tertiary/aromatic N) is 3. The van der Waals surface area contributed by atoms with Crippen LogP contribution < -0.4 is 5.32 Å². The predicted molar refractivity (Wildman–Crippen MR) is 54.9 cm³/mol. The molecule has 0 saturated carbocycles. The molecule has 0 aliphatic heterocycles. The second-order valence-corrected chi connectivity index (χ2v) is 3.30. The van der Waals surface area contributed by atoms with Crippen molar-refractivity contribution < 1.29 is 4.52 Å². The third-order valence-corrected chi connectivity index (χ3v) is 2.20. The van der Waals surface area contributed by atoms with Gasteiger partial charge in [-0.25, -0.2) is 0 Å². The summed E-state index contributed by atoms with van der Waals surface area (Å²) in [5, 5.41) is 6.96. The lowest BCUT2D eigenvalue weighted by Gasteiger charge is -1.98. The molecule has 2 aromatic rings. The fourth-order valence-corrected chi connectivity index (χ4v) is 1.38. The molecule has 0 aromatic carbocycles. The van der Waals surface area contributed by atoms with Crippen molar-refractivity contribution in [2.45, 2.75) is 26.6 Å². The number of hydrogen-bond donors (Lipinski definition) is 1. The Balaban J connectivity index is 1.78. The maximum atomic E-state index is 4.63. The molecule has 0 unspecified atom stereocenters. The Hall–Kier alpha value is -1.62. The largest absolute Gasteiger partial charge is 0.354 e. The van der Waals surface area contributed by atoms with Crippen LogP contribution in [0.5, 0.6) is 0 Å². The standard InChI is InChI=1S/C10H14N4O/c1-2-14-4-3-9(7-14)5-11-6-10-12-8-15-13-10/h3-4,7-8,11H,2,5-6H2,1H3. The second kappa shape index (κ2) is 4.75. The molecule has 5 nitrogen and oxygen atoms in total. The van der Waals surface area contributed by atoms with Gasteiger partial charge in [0.25, 0.3) is 0 Å². The third-order valence-electron chi connectivity index (χ3n) is 2.20. The van der Waals surface area contributed by atoms with E-state index in [2.05, 4.69) is 49.9 Å². The molecule has 0 radical (unpaired) electrons. The highest BCUT2D eigenvalue weighted by molar-refractivity contribution is 5.09. The van der Waals surface area contributed by atoms with E-state index in [9.17, 15) is 0 Å². The molecule has 0 fully saturated rings. The van der Waals surface area contributed by atoms with Gasteiger partial charge in [0.15, 0.2) is 5.82 Å². The van der Waals surface area contributed by atoms with Gasteiger partial charge in [0.2, 0.25) is 6.39 Å². The third kappa shape index (κ3) is 2.66. The van der Waals surface area contributed by atoms with Crippen LogP contribution in [-0.4, -0.2) is 14.7 Å². The van der Waals surface area contributed by atoms with Crippen LogP contribution in [0.3, 0.4) is 0 Å². The molecule has 0 atom stereocenters. The van der Waals surface area contributed by atoms with Crippen molar-refractivity contribution in [3.8, 4) is 0 Å². The van der Waals surface area contributed by atoms with E-state index >= 15 is 0 Å². The van der Waals surface area contributed by atoms with Gasteiger partial charge in [0.1, 0.15) is 0 Å². The summed E-state index contributed by atoms with van der Waals surface area (Å²) in [5.74, 6) is 0.685. The normalized spacial score (nSPS) is 10.7. The van der Waals surface area contributed by atoms with Crippen LogP contribution in [0.25, 0.3) is 0 Å². The Kier molecular flexibility index (Phi) is 3.14. The monoisotopic (exact) mass is 206 g/mol. The molecule has 1 N–H and O–H groups in total. The Morgan fingerprint density at radius 3 is 3.07 bits per heavy atom. The molecule has 0 saturated heterocycles. The molecule has 0 aliphatic rings. The highest BCUT2D eigenvalue weighted by Crippen LogP contribution is 2.00. The minimum absolute atomic E-state index is 0.633. The molecule has 2 rings (SSSR count). The van der Waals surface area contributed by atoms with Crippen LogP contribution in [0.15, 0.2) is 29.4 Å². The summed E-state index contributed by atoms with van der Waals surface area (Å²) < 4.78 is 6.78. The van der Waals surface area contributed by atoms with Crippen LogP contribution in [0.2, 0.25) is 0 Å². The van der Waals surface area contributed by atoms with E-state index in [1.165, 1.54) is 12.0 Å². The van der Waals surface area contributed by atoms with E-state index in [0.717, 1.165) is 13.1 Å².